The predicted octanol–water partition coefficient (Wildman–Crippen LogP) is 4.03. The van der Waals surface area contributed by atoms with Crippen molar-refractivity contribution in [1.82, 2.24) is 4.98 Å². The SMILES string of the molecule is CSc1cccc(NC(=O)C(F)(F)F)c1-c1nccs1. The molecule has 0 aliphatic carbocycles. The molecule has 0 radical (unpaired) electrons. The van der Waals surface area contributed by atoms with E-state index < -0.39 is 12.1 Å². The molecular formula is C12H9F3N2OS2. The minimum atomic E-state index is -4.92. The fraction of sp³-hybridized carbons (Fsp3) is 0.167. The van der Waals surface area contributed by atoms with E-state index in [0.717, 1.165) is 4.90 Å². The van der Waals surface area contributed by atoms with Crippen LogP contribution in [0.3, 0.4) is 0 Å². The minimum Gasteiger partial charge on any atom is -0.318 e. The normalized spacial score (nSPS) is 11.4. The molecule has 0 fully saturated rings. The lowest BCUT2D eigenvalue weighted by Gasteiger charge is -2.13. The Morgan fingerprint density at radius 1 is 1.40 bits per heavy atom. The van der Waals surface area contributed by atoms with E-state index in [2.05, 4.69) is 4.98 Å². The first-order chi connectivity index (χ1) is 9.43. The summed E-state index contributed by atoms with van der Waals surface area (Å²) in [5.74, 6) is -1.99. The number of thiazole rings is 1. The molecule has 0 spiro atoms. The zero-order chi connectivity index (χ0) is 14.8. The maximum absolute atomic E-state index is 12.4. The third-order valence-electron chi connectivity index (χ3n) is 2.40. The van der Waals surface area contributed by atoms with Gasteiger partial charge in [-0.2, -0.15) is 13.2 Å². The number of carbonyl (C=O) groups excluding carboxylic acids is 1. The number of halogens is 3. The smallest absolute Gasteiger partial charge is 0.318 e. The molecule has 2 rings (SSSR count). The molecule has 8 heteroatoms. The van der Waals surface area contributed by atoms with Crippen molar-refractivity contribution in [3.05, 3.63) is 29.8 Å². The minimum absolute atomic E-state index is 0.106. The molecule has 106 valence electrons. The number of alkyl halides is 3. The van der Waals surface area contributed by atoms with Gasteiger partial charge in [-0.3, -0.25) is 4.79 Å². The lowest BCUT2D eigenvalue weighted by molar-refractivity contribution is -0.167. The summed E-state index contributed by atoms with van der Waals surface area (Å²) in [6, 6.07) is 4.79. The quantitative estimate of drug-likeness (QED) is 0.869. The standard InChI is InChI=1S/C12H9F3N2OS2/c1-19-8-4-2-3-7(17-11(18)12(13,14)15)9(8)10-16-5-6-20-10/h2-6H,1H3,(H,17,18). The first kappa shape index (κ1) is 14.9. The number of benzene rings is 1. The highest BCUT2D eigenvalue weighted by Gasteiger charge is 2.39. The highest BCUT2D eigenvalue weighted by molar-refractivity contribution is 7.98. The van der Waals surface area contributed by atoms with E-state index in [1.54, 1.807) is 23.7 Å². The number of rotatable bonds is 3. The monoisotopic (exact) mass is 318 g/mol. The number of carbonyl (C=O) groups is 1. The molecule has 0 aliphatic rings. The molecule has 1 aromatic heterocycles. The van der Waals surface area contributed by atoms with Crippen LogP contribution in [0.25, 0.3) is 10.6 Å². The van der Waals surface area contributed by atoms with Crippen molar-refractivity contribution >= 4 is 34.7 Å². The Labute approximate surface area is 121 Å². The van der Waals surface area contributed by atoms with Crippen LogP contribution in [0, 0.1) is 0 Å². The maximum atomic E-state index is 12.4. The second kappa shape index (κ2) is 5.84. The van der Waals surface area contributed by atoms with E-state index in [9.17, 15) is 18.0 Å². The molecule has 1 aromatic carbocycles. The zero-order valence-corrected chi connectivity index (χ0v) is 11.8. The number of thioether (sulfide) groups is 1. The fourth-order valence-corrected chi connectivity index (χ4v) is 2.97. The summed E-state index contributed by atoms with van der Waals surface area (Å²) in [5, 5.41) is 4.19. The van der Waals surface area contributed by atoms with Crippen LogP contribution < -0.4 is 5.32 Å². The van der Waals surface area contributed by atoms with Crippen LogP contribution in [-0.4, -0.2) is 23.3 Å². The van der Waals surface area contributed by atoms with Gasteiger partial charge < -0.3 is 5.32 Å². The number of amides is 1. The largest absolute Gasteiger partial charge is 0.471 e. The van der Waals surface area contributed by atoms with Gasteiger partial charge in [0.15, 0.2) is 0 Å². The van der Waals surface area contributed by atoms with Crippen molar-refractivity contribution < 1.29 is 18.0 Å². The molecule has 0 saturated heterocycles. The molecule has 0 atom stereocenters. The highest BCUT2D eigenvalue weighted by Crippen LogP contribution is 2.38. The van der Waals surface area contributed by atoms with Crippen LogP contribution in [-0.2, 0) is 4.79 Å². The molecule has 3 nitrogen and oxygen atoms in total. The third kappa shape index (κ3) is 3.13. The molecule has 1 N–H and O–H groups in total. The van der Waals surface area contributed by atoms with Crippen LogP contribution >= 0.6 is 23.1 Å². The second-order valence-corrected chi connectivity index (χ2v) is 5.41. The topological polar surface area (TPSA) is 42.0 Å². The van der Waals surface area contributed by atoms with Gasteiger partial charge in [0, 0.05) is 22.0 Å². The Morgan fingerprint density at radius 2 is 2.15 bits per heavy atom. The van der Waals surface area contributed by atoms with Gasteiger partial charge in [0.1, 0.15) is 5.01 Å². The summed E-state index contributed by atoms with van der Waals surface area (Å²) >= 11 is 2.67. The molecule has 2 aromatic rings. The Balaban J connectivity index is 2.46. The highest BCUT2D eigenvalue weighted by atomic mass is 32.2. The first-order valence-electron chi connectivity index (χ1n) is 5.38. The fourth-order valence-electron chi connectivity index (χ4n) is 1.57. The molecule has 1 amide bonds. The summed E-state index contributed by atoms with van der Waals surface area (Å²) in [5.41, 5.74) is 0.613. The maximum Gasteiger partial charge on any atom is 0.471 e. The lowest BCUT2D eigenvalue weighted by Crippen LogP contribution is -2.30. The summed E-state index contributed by atoms with van der Waals surface area (Å²) in [4.78, 5) is 15.9. The number of anilines is 1. The Hall–Kier alpha value is -1.54. The summed E-state index contributed by atoms with van der Waals surface area (Å²) in [6.45, 7) is 0. The van der Waals surface area contributed by atoms with Gasteiger partial charge in [0.25, 0.3) is 0 Å². The van der Waals surface area contributed by atoms with Crippen LogP contribution in [0.15, 0.2) is 34.7 Å². The average Bonchev–Trinajstić information content (AvgIpc) is 2.90. The van der Waals surface area contributed by atoms with Crippen molar-refractivity contribution in [2.24, 2.45) is 0 Å². The molecule has 0 unspecified atom stereocenters. The van der Waals surface area contributed by atoms with E-state index in [0.29, 0.717) is 10.6 Å². The number of hydrogen-bond acceptors (Lipinski definition) is 4. The molecule has 1 heterocycles. The molecular weight excluding hydrogens is 309 g/mol. The van der Waals surface area contributed by atoms with Gasteiger partial charge in [-0.25, -0.2) is 4.98 Å². The molecule has 20 heavy (non-hydrogen) atoms. The number of hydrogen-bond donors (Lipinski definition) is 1. The van der Waals surface area contributed by atoms with Gasteiger partial charge >= 0.3 is 12.1 Å². The first-order valence-corrected chi connectivity index (χ1v) is 7.49. The second-order valence-electron chi connectivity index (χ2n) is 3.67. The third-order valence-corrected chi connectivity index (χ3v) is 3.97. The summed E-state index contributed by atoms with van der Waals surface area (Å²) < 4.78 is 37.1. The van der Waals surface area contributed by atoms with E-state index in [1.165, 1.54) is 29.2 Å². The van der Waals surface area contributed by atoms with E-state index in [1.807, 2.05) is 11.6 Å². The van der Waals surface area contributed by atoms with Crippen LogP contribution in [0.1, 0.15) is 0 Å². The zero-order valence-electron chi connectivity index (χ0n) is 10.2. The Kier molecular flexibility index (Phi) is 4.34. The number of nitrogens with one attached hydrogen (secondary N) is 1. The van der Waals surface area contributed by atoms with Crippen LogP contribution in [0.2, 0.25) is 0 Å². The van der Waals surface area contributed by atoms with Crippen molar-refractivity contribution in [3.63, 3.8) is 0 Å². The lowest BCUT2D eigenvalue weighted by atomic mass is 10.2. The van der Waals surface area contributed by atoms with Gasteiger partial charge in [-0.15, -0.1) is 23.1 Å². The van der Waals surface area contributed by atoms with Gasteiger partial charge in [-0.1, -0.05) is 6.07 Å². The molecule has 0 bridgehead atoms. The van der Waals surface area contributed by atoms with E-state index >= 15 is 0 Å². The molecule has 0 aliphatic heterocycles. The van der Waals surface area contributed by atoms with E-state index in [4.69, 9.17) is 0 Å². The van der Waals surface area contributed by atoms with Crippen LogP contribution in [0.4, 0.5) is 18.9 Å². The van der Waals surface area contributed by atoms with Gasteiger partial charge in [0.2, 0.25) is 0 Å². The van der Waals surface area contributed by atoms with Crippen molar-refractivity contribution in [2.75, 3.05) is 11.6 Å². The van der Waals surface area contributed by atoms with E-state index in [-0.39, 0.29) is 5.69 Å². The summed E-state index contributed by atoms with van der Waals surface area (Å²) in [7, 11) is 0. The van der Waals surface area contributed by atoms with Crippen molar-refractivity contribution in [3.8, 4) is 10.6 Å². The van der Waals surface area contributed by atoms with Crippen molar-refractivity contribution in [2.45, 2.75) is 11.1 Å². The number of aromatic nitrogens is 1. The Bertz CT molecular complexity index is 612. The summed E-state index contributed by atoms with van der Waals surface area (Å²) in [6.07, 6.45) is -1.55. The van der Waals surface area contributed by atoms with Gasteiger partial charge in [-0.05, 0) is 18.4 Å². The van der Waals surface area contributed by atoms with Crippen LogP contribution in [0.5, 0.6) is 0 Å². The van der Waals surface area contributed by atoms with Crippen molar-refractivity contribution in [1.29, 1.82) is 0 Å². The van der Waals surface area contributed by atoms with Gasteiger partial charge in [0.05, 0.1) is 5.69 Å². The average molecular weight is 318 g/mol. The molecule has 0 saturated carbocycles. The Morgan fingerprint density at radius 3 is 2.70 bits per heavy atom. The predicted molar refractivity (Wildman–Crippen MR) is 74.0 cm³/mol. The number of nitrogens with zero attached hydrogens (tertiary/aromatic N) is 1.